The van der Waals surface area contributed by atoms with Gasteiger partial charge in [-0.05, 0) is 30.2 Å². The number of aromatic nitrogens is 1. The summed E-state index contributed by atoms with van der Waals surface area (Å²) in [6, 6.07) is 6.11. The van der Waals surface area contributed by atoms with E-state index in [0.29, 0.717) is 18.6 Å². The summed E-state index contributed by atoms with van der Waals surface area (Å²) < 4.78 is 41.5. The van der Waals surface area contributed by atoms with Crippen LogP contribution in [0.4, 0.5) is 8.78 Å². The maximum absolute atomic E-state index is 13.1. The molecular formula is C22H23F2N3O5S. The number of carbonyl (C=O) groups is 1. The van der Waals surface area contributed by atoms with Crippen LogP contribution in [0, 0.1) is 11.3 Å². The number of carbonyl (C=O) groups excluding carboxylic acids is 1. The molecule has 0 aliphatic carbocycles. The summed E-state index contributed by atoms with van der Waals surface area (Å²) in [7, 11) is 2.83. The van der Waals surface area contributed by atoms with Crippen LogP contribution < -0.4 is 29.5 Å². The normalized spacial score (nSPS) is 12.3. The number of nitrogens with one attached hydrogen (secondary N) is 1. The monoisotopic (exact) mass is 479 g/mol. The SMILES string of the molecule is C=CCNC(=O)/C(C#N)=c1/s/c(=C/c2ccc(OC(F)F)c(OC)c2)c(=O)n1CCCOC. The zero-order valence-electron chi connectivity index (χ0n) is 18.1. The van der Waals surface area contributed by atoms with Crippen LogP contribution in [0.3, 0.4) is 0 Å². The number of ether oxygens (including phenoxy) is 3. The van der Waals surface area contributed by atoms with E-state index >= 15 is 0 Å². The fraction of sp³-hybridized carbons (Fsp3) is 0.318. The van der Waals surface area contributed by atoms with E-state index in [0.717, 1.165) is 11.3 Å². The molecule has 33 heavy (non-hydrogen) atoms. The second-order valence-corrected chi connectivity index (χ2v) is 7.52. The van der Waals surface area contributed by atoms with E-state index in [1.165, 1.54) is 49.1 Å². The van der Waals surface area contributed by atoms with E-state index in [9.17, 15) is 23.6 Å². The molecular weight excluding hydrogens is 456 g/mol. The molecule has 8 nitrogen and oxygen atoms in total. The molecule has 0 radical (unpaired) electrons. The highest BCUT2D eigenvalue weighted by atomic mass is 32.1. The second-order valence-electron chi connectivity index (χ2n) is 6.49. The van der Waals surface area contributed by atoms with Crippen molar-refractivity contribution < 1.29 is 27.8 Å². The smallest absolute Gasteiger partial charge is 0.387 e. The topological polar surface area (TPSA) is 103 Å². The van der Waals surface area contributed by atoms with E-state index < -0.39 is 18.1 Å². The Labute approximate surface area is 192 Å². The second kappa shape index (κ2) is 12.5. The van der Waals surface area contributed by atoms with Crippen molar-refractivity contribution in [3.63, 3.8) is 0 Å². The highest BCUT2D eigenvalue weighted by molar-refractivity contribution is 7.07. The molecule has 176 valence electrons. The molecule has 0 spiro atoms. The summed E-state index contributed by atoms with van der Waals surface area (Å²) in [4.78, 5) is 25.5. The van der Waals surface area contributed by atoms with Gasteiger partial charge in [0.2, 0.25) is 0 Å². The largest absolute Gasteiger partial charge is 0.493 e. The molecule has 1 N–H and O–H groups in total. The van der Waals surface area contributed by atoms with E-state index in [2.05, 4.69) is 16.6 Å². The van der Waals surface area contributed by atoms with Crippen molar-refractivity contribution in [3.05, 3.63) is 56.0 Å². The number of nitrogens with zero attached hydrogens (tertiary/aromatic N) is 2. The number of amides is 1. The Bertz CT molecular complexity index is 1210. The van der Waals surface area contributed by atoms with E-state index in [1.54, 1.807) is 0 Å². The first-order valence-electron chi connectivity index (χ1n) is 9.72. The van der Waals surface area contributed by atoms with Gasteiger partial charge in [-0.15, -0.1) is 17.9 Å². The van der Waals surface area contributed by atoms with Crippen molar-refractivity contribution in [3.8, 4) is 17.6 Å². The van der Waals surface area contributed by atoms with E-state index in [-0.39, 0.29) is 39.4 Å². The summed E-state index contributed by atoms with van der Waals surface area (Å²) in [6.07, 6.45) is 3.48. The van der Waals surface area contributed by atoms with Gasteiger partial charge < -0.3 is 19.5 Å². The molecule has 2 rings (SSSR count). The van der Waals surface area contributed by atoms with Crippen molar-refractivity contribution >= 4 is 28.9 Å². The lowest BCUT2D eigenvalue weighted by Gasteiger charge is -2.09. The predicted octanol–water partition coefficient (Wildman–Crippen LogP) is 1.36. The van der Waals surface area contributed by atoms with Gasteiger partial charge >= 0.3 is 6.61 Å². The van der Waals surface area contributed by atoms with Gasteiger partial charge in [0.05, 0.1) is 11.6 Å². The Kier molecular flexibility index (Phi) is 9.78. The summed E-state index contributed by atoms with van der Waals surface area (Å²) >= 11 is 0.978. The molecule has 11 heteroatoms. The van der Waals surface area contributed by atoms with Gasteiger partial charge in [0, 0.05) is 26.8 Å². The maximum Gasteiger partial charge on any atom is 0.387 e. The molecule has 0 aliphatic heterocycles. The lowest BCUT2D eigenvalue weighted by molar-refractivity contribution is -0.115. The molecule has 0 saturated heterocycles. The van der Waals surface area contributed by atoms with Gasteiger partial charge in [0.1, 0.15) is 10.7 Å². The molecule has 0 unspecified atom stereocenters. The third kappa shape index (κ3) is 6.74. The molecule has 0 fully saturated rings. The van der Waals surface area contributed by atoms with Gasteiger partial charge in [-0.1, -0.05) is 12.1 Å². The number of nitriles is 1. The Morgan fingerprint density at radius 3 is 2.73 bits per heavy atom. The minimum Gasteiger partial charge on any atom is -0.493 e. The Morgan fingerprint density at radius 1 is 1.36 bits per heavy atom. The molecule has 0 saturated carbocycles. The van der Waals surface area contributed by atoms with Crippen LogP contribution in [0.1, 0.15) is 12.0 Å². The van der Waals surface area contributed by atoms with Crippen LogP contribution in [0.25, 0.3) is 11.6 Å². The molecule has 1 heterocycles. The number of halogens is 2. The number of methoxy groups -OCH3 is 2. The minimum absolute atomic E-state index is 0.0642. The average molecular weight is 480 g/mol. The zero-order valence-corrected chi connectivity index (χ0v) is 18.9. The van der Waals surface area contributed by atoms with Crippen LogP contribution in [0.5, 0.6) is 11.5 Å². The zero-order chi connectivity index (χ0) is 24.4. The van der Waals surface area contributed by atoms with Gasteiger partial charge in [-0.25, -0.2) is 0 Å². The number of rotatable bonds is 11. The third-order valence-electron chi connectivity index (χ3n) is 4.30. The Hall–Kier alpha value is -3.49. The van der Waals surface area contributed by atoms with Gasteiger partial charge in [-0.3, -0.25) is 14.2 Å². The standard InChI is InChI=1S/C22H23F2N3O5S/c1-4-8-26-19(28)15(13-25)21-27(9-5-10-30-2)20(29)18(33-21)12-14-6-7-16(32-22(23)24)17(11-14)31-3/h4,6-7,11-12,22H,1,5,8-10H2,2-3H3,(H,26,28)/b18-12+,21-15+. The number of benzene rings is 1. The van der Waals surface area contributed by atoms with Gasteiger partial charge in [0.25, 0.3) is 11.5 Å². The minimum atomic E-state index is -3.01. The van der Waals surface area contributed by atoms with Gasteiger partial charge in [-0.2, -0.15) is 14.0 Å². The van der Waals surface area contributed by atoms with Crippen molar-refractivity contribution in [2.24, 2.45) is 0 Å². The molecule has 0 atom stereocenters. The molecule has 1 amide bonds. The number of thiazole rings is 1. The van der Waals surface area contributed by atoms with Crippen LogP contribution >= 0.6 is 11.3 Å². The summed E-state index contributed by atoms with van der Waals surface area (Å²) in [6.45, 7) is 1.28. The first kappa shape index (κ1) is 25.8. The lowest BCUT2D eigenvalue weighted by atomic mass is 10.2. The third-order valence-corrected chi connectivity index (χ3v) is 5.43. The van der Waals surface area contributed by atoms with Crippen LogP contribution in [-0.2, 0) is 16.1 Å². The van der Waals surface area contributed by atoms with Crippen molar-refractivity contribution in [2.75, 3.05) is 27.4 Å². The molecule has 0 aliphatic rings. The molecule has 2 aromatic rings. The lowest BCUT2D eigenvalue weighted by Crippen LogP contribution is -2.35. The van der Waals surface area contributed by atoms with E-state index in [4.69, 9.17) is 9.47 Å². The number of hydrogen-bond donors (Lipinski definition) is 1. The van der Waals surface area contributed by atoms with Gasteiger partial charge in [0.15, 0.2) is 17.1 Å². The first-order chi connectivity index (χ1) is 15.9. The van der Waals surface area contributed by atoms with Crippen molar-refractivity contribution in [1.29, 1.82) is 5.26 Å². The highest BCUT2D eigenvalue weighted by Crippen LogP contribution is 2.29. The average Bonchev–Trinajstić information content (AvgIpc) is 3.08. The highest BCUT2D eigenvalue weighted by Gasteiger charge is 2.16. The van der Waals surface area contributed by atoms with Crippen LogP contribution in [0.15, 0.2) is 35.6 Å². The summed E-state index contributed by atoms with van der Waals surface area (Å²) in [5.41, 5.74) is -0.117. The fourth-order valence-corrected chi connectivity index (χ4v) is 3.97. The van der Waals surface area contributed by atoms with Crippen molar-refractivity contribution in [1.82, 2.24) is 9.88 Å². The number of hydrogen-bond acceptors (Lipinski definition) is 7. The van der Waals surface area contributed by atoms with Crippen LogP contribution in [0.2, 0.25) is 0 Å². The maximum atomic E-state index is 13.1. The molecule has 1 aromatic heterocycles. The fourth-order valence-electron chi connectivity index (χ4n) is 2.84. The number of alkyl halides is 2. The molecule has 0 bridgehead atoms. The quantitative estimate of drug-likeness (QED) is 0.386. The predicted molar refractivity (Wildman–Crippen MR) is 120 cm³/mol. The van der Waals surface area contributed by atoms with Crippen LogP contribution in [-0.4, -0.2) is 44.5 Å². The Balaban J connectivity index is 2.66. The van der Waals surface area contributed by atoms with Crippen molar-refractivity contribution in [2.45, 2.75) is 19.6 Å². The first-order valence-corrected chi connectivity index (χ1v) is 10.5. The van der Waals surface area contributed by atoms with E-state index in [1.807, 2.05) is 6.07 Å². The summed E-state index contributed by atoms with van der Waals surface area (Å²) in [5, 5.41) is 12.1. The summed E-state index contributed by atoms with van der Waals surface area (Å²) in [5.74, 6) is -0.706. The molecule has 1 aromatic carbocycles. The Morgan fingerprint density at radius 2 is 2.12 bits per heavy atom.